The Kier molecular flexibility index (Phi) is 4.20. The molecule has 110 valence electrons. The molecule has 0 saturated heterocycles. The topological polar surface area (TPSA) is 72.7 Å². The van der Waals surface area contributed by atoms with Gasteiger partial charge in [0.1, 0.15) is 24.3 Å². The third-order valence-corrected chi connectivity index (χ3v) is 3.17. The minimum Gasteiger partial charge on any atom is -0.311 e. The highest BCUT2D eigenvalue weighted by molar-refractivity contribution is 5.90. The van der Waals surface area contributed by atoms with E-state index in [1.54, 1.807) is 29.4 Å². The normalized spacial score (nSPS) is 10.4. The quantitative estimate of drug-likeness (QED) is 0.783. The Morgan fingerprint density at radius 3 is 2.82 bits per heavy atom. The van der Waals surface area contributed by atoms with Crippen molar-refractivity contribution in [2.24, 2.45) is 0 Å². The molecule has 22 heavy (non-hydrogen) atoms. The average Bonchev–Trinajstić information content (AvgIpc) is 3.09. The molecule has 1 amide bonds. The number of hydrogen-bond acceptors (Lipinski definition) is 4. The number of hydrogen-bond donors (Lipinski definition) is 1. The van der Waals surface area contributed by atoms with Crippen molar-refractivity contribution in [3.8, 4) is 5.82 Å². The van der Waals surface area contributed by atoms with E-state index in [1.807, 2.05) is 30.3 Å². The van der Waals surface area contributed by atoms with Gasteiger partial charge in [-0.1, -0.05) is 30.3 Å². The Labute approximate surface area is 127 Å². The van der Waals surface area contributed by atoms with Crippen LogP contribution in [0.1, 0.15) is 12.0 Å². The first-order valence-electron chi connectivity index (χ1n) is 6.95. The van der Waals surface area contributed by atoms with Gasteiger partial charge in [-0.3, -0.25) is 9.36 Å². The second-order valence-electron chi connectivity index (χ2n) is 4.77. The number of aryl methyl sites for hydroxylation is 1. The molecule has 0 unspecified atom stereocenters. The number of amides is 1. The first-order chi connectivity index (χ1) is 10.8. The summed E-state index contributed by atoms with van der Waals surface area (Å²) >= 11 is 0. The van der Waals surface area contributed by atoms with E-state index in [9.17, 15) is 4.79 Å². The number of rotatable bonds is 5. The Bertz CT molecular complexity index is 740. The number of nitrogens with one attached hydrogen (secondary N) is 1. The Hall–Kier alpha value is -3.02. The van der Waals surface area contributed by atoms with Crippen LogP contribution in [0.15, 0.2) is 61.4 Å². The minimum atomic E-state index is -0.0702. The maximum Gasteiger partial charge on any atom is 0.225 e. The molecule has 0 saturated carbocycles. The predicted molar refractivity (Wildman–Crippen MR) is 82.5 cm³/mol. The molecule has 0 fully saturated rings. The molecule has 1 aromatic carbocycles. The maximum atomic E-state index is 12.0. The fourth-order valence-corrected chi connectivity index (χ4v) is 2.06. The fraction of sp³-hybridized carbons (Fsp3) is 0.125. The Morgan fingerprint density at radius 1 is 1.18 bits per heavy atom. The molecule has 0 bridgehead atoms. The van der Waals surface area contributed by atoms with Gasteiger partial charge < -0.3 is 5.32 Å². The van der Waals surface area contributed by atoms with Crippen molar-refractivity contribution in [3.05, 3.63) is 67.0 Å². The van der Waals surface area contributed by atoms with Gasteiger partial charge in [-0.05, 0) is 12.0 Å². The van der Waals surface area contributed by atoms with Crippen molar-refractivity contribution in [2.45, 2.75) is 12.8 Å². The highest BCUT2D eigenvalue weighted by atomic mass is 16.1. The van der Waals surface area contributed by atoms with Crippen LogP contribution >= 0.6 is 0 Å². The summed E-state index contributed by atoms with van der Waals surface area (Å²) in [6.07, 6.45) is 7.62. The minimum absolute atomic E-state index is 0.0702. The zero-order valence-corrected chi connectivity index (χ0v) is 11.9. The van der Waals surface area contributed by atoms with Crippen molar-refractivity contribution in [1.29, 1.82) is 0 Å². The van der Waals surface area contributed by atoms with Gasteiger partial charge in [-0.15, -0.1) is 0 Å². The summed E-state index contributed by atoms with van der Waals surface area (Å²) in [5.41, 5.74) is 1.14. The third kappa shape index (κ3) is 3.54. The molecule has 3 rings (SSSR count). The second-order valence-corrected chi connectivity index (χ2v) is 4.77. The molecule has 6 nitrogen and oxygen atoms in total. The van der Waals surface area contributed by atoms with E-state index in [0.717, 1.165) is 5.56 Å². The molecule has 0 aliphatic rings. The monoisotopic (exact) mass is 293 g/mol. The van der Waals surface area contributed by atoms with Crippen molar-refractivity contribution in [2.75, 3.05) is 5.32 Å². The molecular formula is C16H15N5O. The zero-order chi connectivity index (χ0) is 15.2. The maximum absolute atomic E-state index is 12.0. The summed E-state index contributed by atoms with van der Waals surface area (Å²) in [4.78, 5) is 24.2. The fourth-order valence-electron chi connectivity index (χ4n) is 2.06. The Balaban J connectivity index is 1.61. The first kappa shape index (κ1) is 13.9. The van der Waals surface area contributed by atoms with Gasteiger partial charge in [0.15, 0.2) is 0 Å². The molecule has 0 spiro atoms. The number of carbonyl (C=O) groups excluding carboxylic acids is 1. The highest BCUT2D eigenvalue weighted by Crippen LogP contribution is 2.09. The SMILES string of the molecule is O=C(CCc1ccccc1)Nc1cc(-n2ccnc2)ncn1. The first-order valence-corrected chi connectivity index (χ1v) is 6.95. The largest absolute Gasteiger partial charge is 0.311 e. The van der Waals surface area contributed by atoms with Crippen molar-refractivity contribution < 1.29 is 4.79 Å². The number of carbonyl (C=O) groups is 1. The van der Waals surface area contributed by atoms with Crippen LogP contribution in [-0.2, 0) is 11.2 Å². The zero-order valence-electron chi connectivity index (χ0n) is 11.9. The molecule has 0 radical (unpaired) electrons. The van der Waals surface area contributed by atoms with E-state index in [4.69, 9.17) is 0 Å². The predicted octanol–water partition coefficient (Wildman–Crippen LogP) is 2.23. The van der Waals surface area contributed by atoms with Crippen LogP contribution in [0.5, 0.6) is 0 Å². The van der Waals surface area contributed by atoms with Gasteiger partial charge in [0.05, 0.1) is 0 Å². The number of benzene rings is 1. The summed E-state index contributed by atoms with van der Waals surface area (Å²) in [7, 11) is 0. The molecule has 3 aromatic rings. The summed E-state index contributed by atoms with van der Waals surface area (Å²) in [6.45, 7) is 0. The van der Waals surface area contributed by atoms with Crippen LogP contribution < -0.4 is 5.32 Å². The van der Waals surface area contributed by atoms with Crippen LogP contribution in [0.4, 0.5) is 5.82 Å². The lowest BCUT2D eigenvalue weighted by atomic mass is 10.1. The van der Waals surface area contributed by atoms with Gasteiger partial charge in [0, 0.05) is 24.9 Å². The van der Waals surface area contributed by atoms with E-state index in [0.29, 0.717) is 24.5 Å². The van der Waals surface area contributed by atoms with Crippen LogP contribution in [0, 0.1) is 0 Å². The second kappa shape index (κ2) is 6.62. The standard InChI is InChI=1S/C16H15N5O/c22-16(7-6-13-4-2-1-3-5-13)20-14-10-15(19-11-18-14)21-9-8-17-12-21/h1-5,8-12H,6-7H2,(H,18,19,20,22). The molecule has 0 aliphatic heterocycles. The average molecular weight is 293 g/mol. The number of nitrogens with zero attached hydrogens (tertiary/aromatic N) is 4. The summed E-state index contributed by atoms with van der Waals surface area (Å²) in [5.74, 6) is 1.07. The van der Waals surface area contributed by atoms with Gasteiger partial charge in [-0.25, -0.2) is 15.0 Å². The van der Waals surface area contributed by atoms with E-state index >= 15 is 0 Å². The van der Waals surface area contributed by atoms with Crippen LogP contribution in [-0.4, -0.2) is 25.4 Å². The van der Waals surface area contributed by atoms with Gasteiger partial charge in [0.2, 0.25) is 5.91 Å². The highest BCUT2D eigenvalue weighted by Gasteiger charge is 2.06. The van der Waals surface area contributed by atoms with Gasteiger partial charge in [0.25, 0.3) is 0 Å². The molecule has 6 heteroatoms. The molecular weight excluding hydrogens is 278 g/mol. The van der Waals surface area contributed by atoms with E-state index in [-0.39, 0.29) is 5.91 Å². The lowest BCUT2D eigenvalue weighted by Gasteiger charge is -2.06. The summed E-state index contributed by atoms with van der Waals surface area (Å²) in [6, 6.07) is 11.6. The number of imidazole rings is 1. The van der Waals surface area contributed by atoms with Crippen molar-refractivity contribution in [3.63, 3.8) is 0 Å². The summed E-state index contributed by atoms with van der Waals surface area (Å²) < 4.78 is 1.75. The van der Waals surface area contributed by atoms with Crippen LogP contribution in [0.25, 0.3) is 5.82 Å². The lowest BCUT2D eigenvalue weighted by Crippen LogP contribution is -2.14. The molecule has 0 atom stereocenters. The van der Waals surface area contributed by atoms with E-state index in [1.165, 1.54) is 6.33 Å². The van der Waals surface area contributed by atoms with Gasteiger partial charge >= 0.3 is 0 Å². The third-order valence-electron chi connectivity index (χ3n) is 3.17. The van der Waals surface area contributed by atoms with Crippen molar-refractivity contribution in [1.82, 2.24) is 19.5 Å². The number of aromatic nitrogens is 4. The molecule has 2 heterocycles. The molecule has 0 aliphatic carbocycles. The molecule has 1 N–H and O–H groups in total. The van der Waals surface area contributed by atoms with Crippen LogP contribution in [0.3, 0.4) is 0 Å². The van der Waals surface area contributed by atoms with E-state index < -0.39 is 0 Å². The van der Waals surface area contributed by atoms with Crippen molar-refractivity contribution >= 4 is 11.7 Å². The van der Waals surface area contributed by atoms with Crippen LogP contribution in [0.2, 0.25) is 0 Å². The lowest BCUT2D eigenvalue weighted by molar-refractivity contribution is -0.116. The summed E-state index contributed by atoms with van der Waals surface area (Å²) in [5, 5.41) is 2.79. The van der Waals surface area contributed by atoms with E-state index in [2.05, 4.69) is 20.3 Å². The number of anilines is 1. The smallest absolute Gasteiger partial charge is 0.225 e. The van der Waals surface area contributed by atoms with Gasteiger partial charge in [-0.2, -0.15) is 0 Å². The Morgan fingerprint density at radius 2 is 2.05 bits per heavy atom. The molecule has 2 aromatic heterocycles.